The Balaban J connectivity index is 2.14. The van der Waals surface area contributed by atoms with Crippen LogP contribution in [-0.4, -0.2) is 18.7 Å². The molecule has 1 aromatic rings. The number of likely N-dealkylation sites (N-methyl/N-ethyl adjacent to an activating group) is 1. The summed E-state index contributed by atoms with van der Waals surface area (Å²) < 4.78 is 7.40. The molecule has 1 fully saturated rings. The van der Waals surface area contributed by atoms with E-state index in [4.69, 9.17) is 4.74 Å². The van der Waals surface area contributed by atoms with Crippen molar-refractivity contribution in [3.8, 4) is 5.75 Å². The smallest absolute Gasteiger partial charge is 0.123 e. The maximum Gasteiger partial charge on any atom is 0.123 e. The van der Waals surface area contributed by atoms with Gasteiger partial charge in [0, 0.05) is 11.0 Å². The highest BCUT2D eigenvalue weighted by molar-refractivity contribution is 9.10. The van der Waals surface area contributed by atoms with E-state index in [-0.39, 0.29) is 5.60 Å². The van der Waals surface area contributed by atoms with Crippen LogP contribution in [-0.2, 0) is 0 Å². The van der Waals surface area contributed by atoms with Crippen molar-refractivity contribution < 1.29 is 4.74 Å². The Morgan fingerprint density at radius 3 is 2.67 bits per heavy atom. The lowest BCUT2D eigenvalue weighted by Crippen LogP contribution is -2.33. The third-order valence-electron chi connectivity index (χ3n) is 3.43. The summed E-state index contributed by atoms with van der Waals surface area (Å²) in [6, 6.07) is 6.32. The number of ether oxygens (including phenoxy) is 1. The summed E-state index contributed by atoms with van der Waals surface area (Å²) in [6.45, 7) is 8.51. The van der Waals surface area contributed by atoms with E-state index < -0.39 is 0 Å². The first-order valence-electron chi connectivity index (χ1n) is 6.75. The van der Waals surface area contributed by atoms with Gasteiger partial charge in [0.25, 0.3) is 0 Å². The molecule has 3 heteroatoms. The van der Waals surface area contributed by atoms with Gasteiger partial charge in [0.1, 0.15) is 11.4 Å². The van der Waals surface area contributed by atoms with E-state index in [0.29, 0.717) is 5.92 Å². The highest BCUT2D eigenvalue weighted by Crippen LogP contribution is 2.42. The zero-order chi connectivity index (χ0) is 13.2. The van der Waals surface area contributed by atoms with Gasteiger partial charge < -0.3 is 10.1 Å². The Labute approximate surface area is 118 Å². The number of benzene rings is 1. The Morgan fingerprint density at radius 1 is 1.39 bits per heavy atom. The molecule has 2 nitrogen and oxygen atoms in total. The van der Waals surface area contributed by atoms with Gasteiger partial charge in [-0.15, -0.1) is 0 Å². The standard InChI is InChI=1S/C15H22BrNO/c1-4-17-10-15(7-8-15)18-14-6-5-12(16)9-13(14)11(2)3/h5-6,9,11,17H,4,7-8,10H2,1-3H3. The van der Waals surface area contributed by atoms with Crippen LogP contribution in [0.2, 0.25) is 0 Å². The number of rotatable bonds is 6. The Morgan fingerprint density at radius 2 is 2.11 bits per heavy atom. The summed E-state index contributed by atoms with van der Waals surface area (Å²) in [5.41, 5.74) is 1.33. The van der Waals surface area contributed by atoms with Crippen LogP contribution in [0, 0.1) is 0 Å². The van der Waals surface area contributed by atoms with E-state index >= 15 is 0 Å². The highest BCUT2D eigenvalue weighted by atomic mass is 79.9. The van der Waals surface area contributed by atoms with Crippen molar-refractivity contribution in [2.24, 2.45) is 0 Å². The lowest BCUT2D eigenvalue weighted by Gasteiger charge is -2.22. The Hall–Kier alpha value is -0.540. The molecular formula is C15H22BrNO. The summed E-state index contributed by atoms with van der Waals surface area (Å²) >= 11 is 3.53. The third-order valence-corrected chi connectivity index (χ3v) is 3.92. The van der Waals surface area contributed by atoms with Gasteiger partial charge in [-0.2, -0.15) is 0 Å². The minimum absolute atomic E-state index is 0.0491. The van der Waals surface area contributed by atoms with E-state index in [2.05, 4.69) is 60.2 Å². The monoisotopic (exact) mass is 311 g/mol. The lowest BCUT2D eigenvalue weighted by molar-refractivity contribution is 0.174. The minimum Gasteiger partial charge on any atom is -0.486 e. The normalized spacial score (nSPS) is 16.9. The molecular weight excluding hydrogens is 290 g/mol. The zero-order valence-corrected chi connectivity index (χ0v) is 13.0. The second kappa shape index (κ2) is 5.62. The zero-order valence-electron chi connectivity index (χ0n) is 11.4. The first kappa shape index (κ1) is 13.9. The molecule has 2 rings (SSSR count). The van der Waals surface area contributed by atoms with Gasteiger partial charge in [0.15, 0.2) is 0 Å². The summed E-state index contributed by atoms with van der Waals surface area (Å²) in [4.78, 5) is 0. The van der Waals surface area contributed by atoms with Crippen molar-refractivity contribution in [3.63, 3.8) is 0 Å². The number of nitrogens with one attached hydrogen (secondary N) is 1. The maximum absolute atomic E-state index is 6.28. The van der Waals surface area contributed by atoms with Crippen LogP contribution >= 0.6 is 15.9 Å². The second-order valence-electron chi connectivity index (χ2n) is 5.40. The molecule has 0 aliphatic heterocycles. The van der Waals surface area contributed by atoms with Crippen LogP contribution in [0.1, 0.15) is 45.1 Å². The van der Waals surface area contributed by atoms with Gasteiger partial charge in [-0.3, -0.25) is 0 Å². The molecule has 100 valence electrons. The first-order chi connectivity index (χ1) is 8.56. The lowest BCUT2D eigenvalue weighted by atomic mass is 10.0. The van der Waals surface area contributed by atoms with Gasteiger partial charge in [-0.1, -0.05) is 36.7 Å². The molecule has 0 bridgehead atoms. The molecule has 0 unspecified atom stereocenters. The average molecular weight is 312 g/mol. The third kappa shape index (κ3) is 3.27. The number of halogens is 1. The summed E-state index contributed by atoms with van der Waals surface area (Å²) in [5, 5.41) is 3.40. The predicted molar refractivity (Wildman–Crippen MR) is 79.4 cm³/mol. The topological polar surface area (TPSA) is 21.3 Å². The van der Waals surface area contributed by atoms with Crippen molar-refractivity contribution in [1.82, 2.24) is 5.32 Å². The van der Waals surface area contributed by atoms with E-state index in [1.807, 2.05) is 0 Å². The van der Waals surface area contributed by atoms with Crippen LogP contribution in [0.3, 0.4) is 0 Å². The molecule has 1 N–H and O–H groups in total. The fraction of sp³-hybridized carbons (Fsp3) is 0.600. The van der Waals surface area contributed by atoms with Crippen LogP contribution in [0.5, 0.6) is 5.75 Å². The number of hydrogen-bond donors (Lipinski definition) is 1. The van der Waals surface area contributed by atoms with Crippen molar-refractivity contribution in [1.29, 1.82) is 0 Å². The SMILES string of the molecule is CCNCC1(Oc2ccc(Br)cc2C(C)C)CC1. The van der Waals surface area contributed by atoms with Gasteiger partial charge in [0.2, 0.25) is 0 Å². The molecule has 1 aliphatic carbocycles. The molecule has 0 radical (unpaired) electrons. The van der Waals surface area contributed by atoms with Gasteiger partial charge in [-0.25, -0.2) is 0 Å². The molecule has 0 aromatic heterocycles. The van der Waals surface area contributed by atoms with Gasteiger partial charge >= 0.3 is 0 Å². The molecule has 0 atom stereocenters. The van der Waals surface area contributed by atoms with Gasteiger partial charge in [-0.05, 0) is 49.1 Å². The predicted octanol–water partition coefficient (Wildman–Crippen LogP) is 4.09. The molecule has 1 saturated carbocycles. The average Bonchev–Trinajstić information content (AvgIpc) is 3.09. The van der Waals surface area contributed by atoms with Crippen molar-refractivity contribution in [2.45, 2.75) is 45.1 Å². The molecule has 0 amide bonds. The van der Waals surface area contributed by atoms with Gasteiger partial charge in [0.05, 0.1) is 0 Å². The number of hydrogen-bond acceptors (Lipinski definition) is 2. The summed E-state index contributed by atoms with van der Waals surface area (Å²) in [7, 11) is 0. The second-order valence-corrected chi connectivity index (χ2v) is 6.32. The van der Waals surface area contributed by atoms with Crippen LogP contribution in [0.15, 0.2) is 22.7 Å². The van der Waals surface area contributed by atoms with Crippen molar-refractivity contribution in [2.75, 3.05) is 13.1 Å². The Bertz CT molecular complexity index is 413. The van der Waals surface area contributed by atoms with Crippen LogP contribution < -0.4 is 10.1 Å². The molecule has 1 aromatic carbocycles. The summed E-state index contributed by atoms with van der Waals surface area (Å²) in [6.07, 6.45) is 2.32. The molecule has 0 spiro atoms. The van der Waals surface area contributed by atoms with Crippen molar-refractivity contribution >= 4 is 15.9 Å². The van der Waals surface area contributed by atoms with Crippen LogP contribution in [0.25, 0.3) is 0 Å². The minimum atomic E-state index is 0.0491. The highest BCUT2D eigenvalue weighted by Gasteiger charge is 2.45. The fourth-order valence-corrected chi connectivity index (χ4v) is 2.48. The maximum atomic E-state index is 6.28. The molecule has 18 heavy (non-hydrogen) atoms. The molecule has 0 saturated heterocycles. The van der Waals surface area contributed by atoms with E-state index in [1.54, 1.807) is 0 Å². The quantitative estimate of drug-likeness (QED) is 0.854. The Kier molecular flexibility index (Phi) is 4.33. The van der Waals surface area contributed by atoms with Crippen LogP contribution in [0.4, 0.5) is 0 Å². The fourth-order valence-electron chi connectivity index (χ4n) is 2.10. The largest absolute Gasteiger partial charge is 0.486 e. The van der Waals surface area contributed by atoms with E-state index in [0.717, 1.165) is 36.2 Å². The molecule has 1 aliphatic rings. The van der Waals surface area contributed by atoms with E-state index in [9.17, 15) is 0 Å². The van der Waals surface area contributed by atoms with E-state index in [1.165, 1.54) is 5.56 Å². The molecule has 0 heterocycles. The first-order valence-corrected chi connectivity index (χ1v) is 7.55. The summed E-state index contributed by atoms with van der Waals surface area (Å²) in [5.74, 6) is 1.52. The van der Waals surface area contributed by atoms with Crippen molar-refractivity contribution in [3.05, 3.63) is 28.2 Å².